The van der Waals surface area contributed by atoms with E-state index in [4.69, 9.17) is 11.6 Å². The minimum Gasteiger partial charge on any atom is -0.355 e. The van der Waals surface area contributed by atoms with E-state index < -0.39 is 19.8 Å². The summed E-state index contributed by atoms with van der Waals surface area (Å²) in [5, 5.41) is 13.2. The van der Waals surface area contributed by atoms with Gasteiger partial charge in [0.2, 0.25) is 0 Å². The zero-order valence-electron chi connectivity index (χ0n) is 11.1. The van der Waals surface area contributed by atoms with Crippen molar-refractivity contribution in [3.05, 3.63) is 81.0 Å². The van der Waals surface area contributed by atoms with Crippen LogP contribution in [0.4, 0.5) is 5.69 Å². The van der Waals surface area contributed by atoms with Crippen LogP contribution < -0.4 is 5.32 Å². The van der Waals surface area contributed by atoms with Crippen LogP contribution in [-0.2, 0) is 9.84 Å². The predicted octanol–water partition coefficient (Wildman–Crippen LogP) is 3.30. The first-order chi connectivity index (χ1) is 10.4. The lowest BCUT2D eigenvalue weighted by Crippen LogP contribution is -2.14. The zero-order chi connectivity index (χ0) is 16.2. The van der Waals surface area contributed by atoms with Crippen LogP contribution in [-0.4, -0.2) is 13.3 Å². The smallest absolute Gasteiger partial charge is 0.355 e. The number of sulfone groups is 1. The highest BCUT2D eigenvalue weighted by atomic mass is 35.5. The lowest BCUT2D eigenvalue weighted by atomic mass is 10.3. The van der Waals surface area contributed by atoms with Crippen LogP contribution in [0, 0.1) is 10.1 Å². The molecule has 0 spiro atoms. The molecule has 2 rings (SSSR count). The summed E-state index contributed by atoms with van der Waals surface area (Å²) in [4.78, 5) is 10.0. The molecule has 0 unspecified atom stereocenters. The quantitative estimate of drug-likeness (QED) is 0.667. The maximum absolute atomic E-state index is 12.3. The van der Waals surface area contributed by atoms with E-state index in [2.05, 4.69) is 5.32 Å². The van der Waals surface area contributed by atoms with Gasteiger partial charge in [-0.2, -0.15) is 0 Å². The lowest BCUT2D eigenvalue weighted by Gasteiger charge is -2.04. The molecule has 0 bridgehead atoms. The van der Waals surface area contributed by atoms with E-state index in [9.17, 15) is 18.5 Å². The Morgan fingerprint density at radius 1 is 1.14 bits per heavy atom. The molecule has 6 nitrogen and oxygen atoms in total. The largest absolute Gasteiger partial charge is 0.379 e. The average Bonchev–Trinajstić information content (AvgIpc) is 2.48. The Bertz CT molecular complexity index is 820. The van der Waals surface area contributed by atoms with E-state index in [1.54, 1.807) is 24.3 Å². The van der Waals surface area contributed by atoms with Crippen LogP contribution in [0.5, 0.6) is 0 Å². The van der Waals surface area contributed by atoms with Crippen molar-refractivity contribution < 1.29 is 13.3 Å². The van der Waals surface area contributed by atoms with Gasteiger partial charge in [-0.25, -0.2) is 8.42 Å². The van der Waals surface area contributed by atoms with E-state index in [1.807, 2.05) is 0 Å². The summed E-state index contributed by atoms with van der Waals surface area (Å²) in [6, 6.07) is 13.6. The molecule has 0 amide bonds. The summed E-state index contributed by atoms with van der Waals surface area (Å²) in [7, 11) is -4.21. The van der Waals surface area contributed by atoms with Gasteiger partial charge in [0, 0.05) is 10.7 Å². The average molecular weight is 339 g/mol. The molecule has 0 fully saturated rings. The topological polar surface area (TPSA) is 89.3 Å². The van der Waals surface area contributed by atoms with Crippen molar-refractivity contribution in [2.75, 3.05) is 5.32 Å². The molecule has 0 saturated heterocycles. The number of benzene rings is 2. The van der Waals surface area contributed by atoms with Crippen LogP contribution in [0.15, 0.2) is 70.7 Å². The van der Waals surface area contributed by atoms with Gasteiger partial charge < -0.3 is 5.32 Å². The van der Waals surface area contributed by atoms with E-state index in [0.29, 0.717) is 10.7 Å². The molecule has 22 heavy (non-hydrogen) atoms. The van der Waals surface area contributed by atoms with Gasteiger partial charge >= 0.3 is 5.03 Å². The first kappa shape index (κ1) is 16.0. The molecule has 0 aromatic heterocycles. The SMILES string of the molecule is O=[N+]([O-])C(=CNc1cccc(Cl)c1)S(=O)(=O)c1ccccc1. The van der Waals surface area contributed by atoms with Crippen molar-refractivity contribution in [3.63, 3.8) is 0 Å². The van der Waals surface area contributed by atoms with Crippen molar-refractivity contribution in [2.24, 2.45) is 0 Å². The van der Waals surface area contributed by atoms with Crippen LogP contribution in [0.3, 0.4) is 0 Å². The molecule has 2 aromatic rings. The monoisotopic (exact) mass is 338 g/mol. The fourth-order valence-electron chi connectivity index (χ4n) is 1.67. The summed E-state index contributed by atoms with van der Waals surface area (Å²) < 4.78 is 24.6. The number of nitrogens with one attached hydrogen (secondary N) is 1. The van der Waals surface area contributed by atoms with Gasteiger partial charge in [-0.15, -0.1) is 0 Å². The summed E-state index contributed by atoms with van der Waals surface area (Å²) in [6.07, 6.45) is 0.841. The Kier molecular flexibility index (Phi) is 4.79. The molecule has 0 aliphatic heterocycles. The number of halogens is 1. The second-order valence-corrected chi connectivity index (χ2v) is 6.54. The lowest BCUT2D eigenvalue weighted by molar-refractivity contribution is -0.411. The first-order valence-corrected chi connectivity index (χ1v) is 7.94. The summed E-state index contributed by atoms with van der Waals surface area (Å²) in [6.45, 7) is 0. The van der Waals surface area contributed by atoms with Crippen molar-refractivity contribution in [1.29, 1.82) is 0 Å². The molecule has 2 aromatic carbocycles. The number of nitrogens with zero attached hydrogens (tertiary/aromatic N) is 1. The number of anilines is 1. The Morgan fingerprint density at radius 2 is 1.82 bits per heavy atom. The standard InChI is InChI=1S/C14H11ClN2O4S/c15-11-5-4-6-12(9-11)16-10-14(17(18)19)22(20,21)13-7-2-1-3-8-13/h1-10,16H. The number of hydrogen-bond donors (Lipinski definition) is 1. The van der Waals surface area contributed by atoms with Crippen molar-refractivity contribution >= 4 is 27.1 Å². The molecule has 0 atom stereocenters. The molecule has 1 N–H and O–H groups in total. The van der Waals surface area contributed by atoms with E-state index in [1.165, 1.54) is 30.3 Å². The Hall–Kier alpha value is -2.38. The van der Waals surface area contributed by atoms with Gasteiger partial charge in [0.25, 0.3) is 9.84 Å². The van der Waals surface area contributed by atoms with E-state index >= 15 is 0 Å². The number of hydrogen-bond acceptors (Lipinski definition) is 5. The molecular formula is C14H11ClN2O4S. The van der Waals surface area contributed by atoms with Crippen LogP contribution in [0.25, 0.3) is 0 Å². The van der Waals surface area contributed by atoms with Crippen LogP contribution in [0.2, 0.25) is 5.02 Å². The molecule has 0 saturated carbocycles. The fraction of sp³-hybridized carbons (Fsp3) is 0. The summed E-state index contributed by atoms with van der Waals surface area (Å²) >= 11 is 5.80. The summed E-state index contributed by atoms with van der Waals surface area (Å²) in [5.41, 5.74) is 0.440. The van der Waals surface area contributed by atoms with E-state index in [-0.39, 0.29) is 4.90 Å². The molecule has 0 aliphatic rings. The fourth-order valence-corrected chi connectivity index (χ4v) is 3.03. The predicted molar refractivity (Wildman–Crippen MR) is 83.8 cm³/mol. The van der Waals surface area contributed by atoms with Gasteiger partial charge in [-0.1, -0.05) is 35.9 Å². The molecular weight excluding hydrogens is 328 g/mol. The highest BCUT2D eigenvalue weighted by Gasteiger charge is 2.31. The van der Waals surface area contributed by atoms with E-state index in [0.717, 1.165) is 6.20 Å². The maximum Gasteiger partial charge on any atom is 0.379 e. The number of rotatable bonds is 5. The van der Waals surface area contributed by atoms with Crippen molar-refractivity contribution in [2.45, 2.75) is 4.90 Å². The maximum atomic E-state index is 12.3. The first-order valence-electron chi connectivity index (χ1n) is 6.08. The van der Waals surface area contributed by atoms with Crippen molar-refractivity contribution in [3.8, 4) is 0 Å². The van der Waals surface area contributed by atoms with Gasteiger partial charge in [-0.3, -0.25) is 10.1 Å². The normalized spacial score (nSPS) is 12.0. The Labute approximate surface area is 132 Å². The molecule has 114 valence electrons. The van der Waals surface area contributed by atoms with Crippen LogP contribution in [0.1, 0.15) is 0 Å². The Morgan fingerprint density at radius 3 is 2.41 bits per heavy atom. The van der Waals surface area contributed by atoms with Crippen molar-refractivity contribution in [1.82, 2.24) is 0 Å². The number of nitro groups is 1. The summed E-state index contributed by atoms with van der Waals surface area (Å²) in [5.74, 6) is 0. The highest BCUT2D eigenvalue weighted by molar-refractivity contribution is 7.95. The minimum absolute atomic E-state index is 0.147. The third kappa shape index (κ3) is 3.63. The second kappa shape index (κ2) is 6.59. The molecule has 8 heteroatoms. The molecule has 0 aliphatic carbocycles. The van der Waals surface area contributed by atoms with Gasteiger partial charge in [-0.05, 0) is 30.3 Å². The second-order valence-electron chi connectivity index (χ2n) is 4.21. The molecule has 0 radical (unpaired) electrons. The molecule has 0 heterocycles. The third-order valence-corrected chi connectivity index (χ3v) is 4.64. The van der Waals surface area contributed by atoms with Gasteiger partial charge in [0.15, 0.2) is 0 Å². The zero-order valence-corrected chi connectivity index (χ0v) is 12.7. The highest BCUT2D eigenvalue weighted by Crippen LogP contribution is 2.20. The van der Waals surface area contributed by atoms with Gasteiger partial charge in [0.05, 0.1) is 16.0 Å². The van der Waals surface area contributed by atoms with Crippen LogP contribution >= 0.6 is 11.6 Å². The van der Waals surface area contributed by atoms with Gasteiger partial charge in [0.1, 0.15) is 0 Å². The minimum atomic E-state index is -4.21. The Balaban J connectivity index is 2.38. The third-order valence-electron chi connectivity index (χ3n) is 2.70.